The van der Waals surface area contributed by atoms with Crippen molar-refractivity contribution >= 4 is 27.4 Å². The highest BCUT2D eigenvalue weighted by molar-refractivity contribution is 7.92. The van der Waals surface area contributed by atoms with Crippen LogP contribution in [0.2, 0.25) is 5.02 Å². The average Bonchev–Trinajstić information content (AvgIpc) is 3.08. The Labute approximate surface area is 150 Å². The van der Waals surface area contributed by atoms with Crippen LogP contribution in [-0.2, 0) is 16.2 Å². The molecule has 12 heteroatoms. The summed E-state index contributed by atoms with van der Waals surface area (Å²) in [4.78, 5) is 6.97. The lowest BCUT2D eigenvalue weighted by molar-refractivity contribution is -0.137. The number of hydrogen-bond acceptors (Lipinski definition) is 5. The van der Waals surface area contributed by atoms with Crippen molar-refractivity contribution in [3.8, 4) is 5.82 Å². The Morgan fingerprint density at radius 1 is 1.15 bits per heavy atom. The summed E-state index contributed by atoms with van der Waals surface area (Å²) in [5, 5.41) is 3.58. The van der Waals surface area contributed by atoms with E-state index in [-0.39, 0.29) is 16.7 Å². The van der Waals surface area contributed by atoms with Gasteiger partial charge in [-0.15, -0.1) is 0 Å². The third-order valence-corrected chi connectivity index (χ3v) is 5.02. The van der Waals surface area contributed by atoms with E-state index in [1.807, 2.05) is 0 Å². The van der Waals surface area contributed by atoms with Gasteiger partial charge in [-0.25, -0.2) is 23.1 Å². The molecule has 26 heavy (non-hydrogen) atoms. The number of aromatic nitrogens is 4. The predicted octanol–water partition coefficient (Wildman–Crippen LogP) is 3.14. The molecule has 7 nitrogen and oxygen atoms in total. The Hall–Kier alpha value is -2.66. The zero-order valence-corrected chi connectivity index (χ0v) is 14.2. The first-order valence-electron chi connectivity index (χ1n) is 6.88. The number of alkyl halides is 3. The molecule has 0 fully saturated rings. The Bertz CT molecular complexity index is 1040. The lowest BCUT2D eigenvalue weighted by atomic mass is 10.2. The summed E-state index contributed by atoms with van der Waals surface area (Å²) in [6, 6.07) is 4.93. The highest BCUT2D eigenvalue weighted by Gasteiger charge is 2.32. The molecule has 2 heterocycles. The Morgan fingerprint density at radius 3 is 2.58 bits per heavy atom. The highest BCUT2D eigenvalue weighted by Crippen LogP contribution is 2.33. The van der Waals surface area contributed by atoms with Crippen LogP contribution in [0.1, 0.15) is 5.56 Å². The molecule has 0 aliphatic heterocycles. The smallest absolute Gasteiger partial charge is 0.263 e. The monoisotopic (exact) mass is 403 g/mol. The van der Waals surface area contributed by atoms with E-state index in [0.29, 0.717) is 12.1 Å². The molecular formula is C14H9ClF3N5O2S. The number of halogens is 4. The minimum atomic E-state index is -4.71. The molecule has 1 N–H and O–H groups in total. The van der Waals surface area contributed by atoms with Crippen molar-refractivity contribution in [2.75, 3.05) is 4.72 Å². The molecule has 0 aliphatic carbocycles. The lowest BCUT2D eigenvalue weighted by Crippen LogP contribution is -2.16. The normalized spacial score (nSPS) is 12.2. The fraction of sp³-hybridized carbons (Fsp3) is 0.0714. The van der Waals surface area contributed by atoms with Crippen LogP contribution in [0.4, 0.5) is 19.0 Å². The van der Waals surface area contributed by atoms with E-state index in [1.54, 1.807) is 12.3 Å². The van der Waals surface area contributed by atoms with Crippen molar-refractivity contribution in [2.45, 2.75) is 11.1 Å². The van der Waals surface area contributed by atoms with Crippen molar-refractivity contribution in [3.63, 3.8) is 0 Å². The minimum absolute atomic E-state index is 0.154. The van der Waals surface area contributed by atoms with Crippen LogP contribution in [-0.4, -0.2) is 28.2 Å². The van der Waals surface area contributed by atoms with E-state index in [2.05, 4.69) is 19.8 Å². The zero-order valence-electron chi connectivity index (χ0n) is 12.6. The largest absolute Gasteiger partial charge is 0.416 e. The SMILES string of the molecule is O=S(=O)(Nc1cc(-n2cccn2)ncn1)c1cc(C(F)(F)F)ccc1Cl. The van der Waals surface area contributed by atoms with Crippen LogP contribution in [0.3, 0.4) is 0 Å². The molecule has 3 rings (SSSR count). The third kappa shape index (κ3) is 3.78. The van der Waals surface area contributed by atoms with Gasteiger partial charge in [0.15, 0.2) is 5.82 Å². The van der Waals surface area contributed by atoms with Crippen molar-refractivity contribution < 1.29 is 21.6 Å². The Kier molecular flexibility index (Phi) is 4.59. The fourth-order valence-electron chi connectivity index (χ4n) is 2.01. The molecule has 3 aromatic rings. The van der Waals surface area contributed by atoms with Gasteiger partial charge < -0.3 is 0 Å². The fourth-order valence-corrected chi connectivity index (χ4v) is 3.54. The summed E-state index contributed by atoms with van der Waals surface area (Å²) in [6.07, 6.45) is -0.557. The standard InChI is InChI=1S/C14H9ClF3N5O2S/c15-10-3-2-9(14(16,17)18)6-11(10)26(24,25)22-12-7-13(20-8-19-12)23-5-1-4-21-23/h1-8H,(H,19,20,22). The van der Waals surface area contributed by atoms with Gasteiger partial charge in [-0.2, -0.15) is 18.3 Å². The highest BCUT2D eigenvalue weighted by atomic mass is 35.5. The van der Waals surface area contributed by atoms with E-state index in [1.165, 1.54) is 16.9 Å². The summed E-state index contributed by atoms with van der Waals surface area (Å²) in [5.41, 5.74) is -1.14. The number of hydrogen-bond donors (Lipinski definition) is 1. The molecule has 0 spiro atoms. The van der Waals surface area contributed by atoms with Gasteiger partial charge in [-0.3, -0.25) is 4.72 Å². The summed E-state index contributed by atoms with van der Waals surface area (Å²) in [5.74, 6) is 0.108. The van der Waals surface area contributed by atoms with E-state index >= 15 is 0 Å². The van der Waals surface area contributed by atoms with Crippen LogP contribution in [0.5, 0.6) is 0 Å². The summed E-state index contributed by atoms with van der Waals surface area (Å²) in [6.45, 7) is 0. The van der Waals surface area contributed by atoms with Crippen molar-refractivity contribution in [2.24, 2.45) is 0 Å². The van der Waals surface area contributed by atoms with E-state index in [4.69, 9.17) is 11.6 Å². The molecule has 0 unspecified atom stereocenters. The molecule has 0 aliphatic rings. The van der Waals surface area contributed by atoms with Crippen LogP contribution in [0, 0.1) is 0 Å². The van der Waals surface area contributed by atoms with Crippen LogP contribution in [0.15, 0.2) is 53.9 Å². The molecule has 0 bridgehead atoms. The number of nitrogens with zero attached hydrogens (tertiary/aromatic N) is 4. The molecule has 2 aromatic heterocycles. The summed E-state index contributed by atoms with van der Waals surface area (Å²) >= 11 is 5.78. The van der Waals surface area contributed by atoms with Gasteiger partial charge in [0.25, 0.3) is 10.0 Å². The molecule has 0 saturated heterocycles. The first kappa shape index (κ1) is 18.1. The van der Waals surface area contributed by atoms with Gasteiger partial charge in [0.05, 0.1) is 10.6 Å². The maximum absolute atomic E-state index is 12.8. The van der Waals surface area contributed by atoms with Gasteiger partial charge in [0.1, 0.15) is 17.0 Å². The number of benzene rings is 1. The van der Waals surface area contributed by atoms with Crippen molar-refractivity contribution in [3.05, 3.63) is 59.6 Å². The predicted molar refractivity (Wildman–Crippen MR) is 86.4 cm³/mol. The third-order valence-electron chi connectivity index (χ3n) is 3.18. The second-order valence-electron chi connectivity index (χ2n) is 4.96. The number of rotatable bonds is 4. The molecule has 136 valence electrons. The maximum Gasteiger partial charge on any atom is 0.416 e. The second-order valence-corrected chi connectivity index (χ2v) is 7.02. The molecular weight excluding hydrogens is 395 g/mol. The van der Waals surface area contributed by atoms with E-state index in [0.717, 1.165) is 12.4 Å². The van der Waals surface area contributed by atoms with E-state index in [9.17, 15) is 21.6 Å². The van der Waals surface area contributed by atoms with Crippen LogP contribution < -0.4 is 4.72 Å². The number of nitrogens with one attached hydrogen (secondary N) is 1. The van der Waals surface area contributed by atoms with Crippen LogP contribution >= 0.6 is 11.6 Å². The van der Waals surface area contributed by atoms with E-state index < -0.39 is 26.7 Å². The first-order valence-corrected chi connectivity index (χ1v) is 8.74. The Balaban J connectivity index is 1.96. The van der Waals surface area contributed by atoms with Crippen LogP contribution in [0.25, 0.3) is 5.82 Å². The maximum atomic E-state index is 12.8. The molecule has 0 atom stereocenters. The number of anilines is 1. The van der Waals surface area contributed by atoms with Crippen molar-refractivity contribution in [1.82, 2.24) is 19.7 Å². The Morgan fingerprint density at radius 2 is 1.92 bits per heavy atom. The molecule has 0 saturated carbocycles. The van der Waals surface area contributed by atoms with Gasteiger partial charge >= 0.3 is 6.18 Å². The van der Waals surface area contributed by atoms with Gasteiger partial charge in [-0.1, -0.05) is 11.6 Å². The van der Waals surface area contributed by atoms with Crippen molar-refractivity contribution in [1.29, 1.82) is 0 Å². The number of sulfonamides is 1. The molecule has 1 aromatic carbocycles. The van der Waals surface area contributed by atoms with Gasteiger partial charge in [-0.05, 0) is 24.3 Å². The zero-order chi connectivity index (χ0) is 18.9. The molecule has 0 amide bonds. The topological polar surface area (TPSA) is 89.8 Å². The lowest BCUT2D eigenvalue weighted by Gasteiger charge is -2.12. The average molecular weight is 404 g/mol. The second kappa shape index (κ2) is 6.57. The quantitative estimate of drug-likeness (QED) is 0.722. The van der Waals surface area contributed by atoms with Gasteiger partial charge in [0, 0.05) is 18.5 Å². The summed E-state index contributed by atoms with van der Waals surface area (Å²) in [7, 11) is -4.41. The molecule has 0 radical (unpaired) electrons. The summed E-state index contributed by atoms with van der Waals surface area (Å²) < 4.78 is 66.9. The van der Waals surface area contributed by atoms with Gasteiger partial charge in [0.2, 0.25) is 0 Å². The first-order chi connectivity index (χ1) is 12.2. The minimum Gasteiger partial charge on any atom is -0.263 e.